The van der Waals surface area contributed by atoms with Crippen molar-refractivity contribution in [1.29, 1.82) is 0 Å². The third-order valence-corrected chi connectivity index (χ3v) is 4.15. The number of halogens is 1. The van der Waals surface area contributed by atoms with Gasteiger partial charge in [0.05, 0.1) is 22.8 Å². The molecule has 0 radical (unpaired) electrons. The maximum atomic E-state index is 12.0. The molecule has 0 spiro atoms. The van der Waals surface area contributed by atoms with E-state index in [-0.39, 0.29) is 16.1 Å². The number of hydrogen-bond acceptors (Lipinski definition) is 5. The van der Waals surface area contributed by atoms with Crippen LogP contribution in [-0.2, 0) is 9.53 Å². The fourth-order valence-electron chi connectivity index (χ4n) is 2.19. The Kier molecular flexibility index (Phi) is 8.48. The molecule has 2 aromatic rings. The Hall–Kier alpha value is -3.06. The Bertz CT molecular complexity index is 852. The van der Waals surface area contributed by atoms with Gasteiger partial charge in [-0.1, -0.05) is 37.6 Å². The molecule has 2 rings (SSSR count). The number of nitrogens with one attached hydrogen (secondary N) is 2. The highest BCUT2D eigenvalue weighted by Gasteiger charge is 2.13. The van der Waals surface area contributed by atoms with Gasteiger partial charge in [0.1, 0.15) is 5.75 Å². The monoisotopic (exact) mass is 418 g/mol. The predicted octanol–water partition coefficient (Wildman–Crippen LogP) is 3.38. The predicted molar refractivity (Wildman–Crippen MR) is 109 cm³/mol. The molecule has 0 aliphatic carbocycles. The van der Waals surface area contributed by atoms with Crippen LogP contribution >= 0.6 is 11.6 Å². The zero-order chi connectivity index (χ0) is 21.2. The molecule has 7 nitrogen and oxygen atoms in total. The summed E-state index contributed by atoms with van der Waals surface area (Å²) >= 11 is 5.91. The normalized spacial score (nSPS) is 10.3. The number of ether oxygens (including phenoxy) is 2. The number of hydrazine groups is 1. The van der Waals surface area contributed by atoms with Crippen LogP contribution in [0.4, 0.5) is 0 Å². The lowest BCUT2D eigenvalue weighted by Crippen LogP contribution is -2.43. The van der Waals surface area contributed by atoms with E-state index in [0.717, 1.165) is 6.42 Å². The molecular formula is C21H23ClN2O5. The van der Waals surface area contributed by atoms with Gasteiger partial charge in [-0.2, -0.15) is 0 Å². The van der Waals surface area contributed by atoms with Gasteiger partial charge in [-0.15, -0.1) is 0 Å². The van der Waals surface area contributed by atoms with Gasteiger partial charge in [-0.3, -0.25) is 20.4 Å². The number of rotatable bonds is 8. The number of amides is 2. The van der Waals surface area contributed by atoms with Crippen LogP contribution in [0.3, 0.4) is 0 Å². The molecule has 2 N–H and O–H groups in total. The summed E-state index contributed by atoms with van der Waals surface area (Å²) in [5, 5.41) is 0.252. The summed E-state index contributed by atoms with van der Waals surface area (Å²) in [5.41, 5.74) is 4.87. The molecule has 8 heteroatoms. The van der Waals surface area contributed by atoms with E-state index < -0.39 is 24.4 Å². The van der Waals surface area contributed by atoms with Crippen molar-refractivity contribution in [3.05, 3.63) is 64.7 Å². The van der Waals surface area contributed by atoms with Gasteiger partial charge in [0.15, 0.2) is 6.61 Å². The third-order valence-electron chi connectivity index (χ3n) is 3.82. The van der Waals surface area contributed by atoms with E-state index in [0.29, 0.717) is 18.3 Å². The second kappa shape index (κ2) is 11.1. The first-order valence-corrected chi connectivity index (χ1v) is 9.48. The average molecular weight is 419 g/mol. The van der Waals surface area contributed by atoms with Crippen molar-refractivity contribution in [2.24, 2.45) is 5.92 Å². The summed E-state index contributed by atoms with van der Waals surface area (Å²) in [6.45, 7) is 4.28. The van der Waals surface area contributed by atoms with Crippen LogP contribution in [0, 0.1) is 5.92 Å². The maximum Gasteiger partial charge on any atom is 0.338 e. The van der Waals surface area contributed by atoms with Crippen molar-refractivity contribution >= 4 is 29.4 Å². The second-order valence-electron chi connectivity index (χ2n) is 6.61. The van der Waals surface area contributed by atoms with Gasteiger partial charge in [0, 0.05) is 0 Å². The molecule has 0 aliphatic heterocycles. The highest BCUT2D eigenvalue weighted by molar-refractivity contribution is 6.33. The largest absolute Gasteiger partial charge is 0.494 e. The molecule has 0 fully saturated rings. The van der Waals surface area contributed by atoms with Crippen molar-refractivity contribution in [3.63, 3.8) is 0 Å². The quantitative estimate of drug-likeness (QED) is 0.506. The first-order chi connectivity index (χ1) is 13.9. The highest BCUT2D eigenvalue weighted by Crippen LogP contribution is 2.15. The van der Waals surface area contributed by atoms with E-state index >= 15 is 0 Å². The van der Waals surface area contributed by atoms with Crippen molar-refractivity contribution in [1.82, 2.24) is 10.9 Å². The van der Waals surface area contributed by atoms with Crippen LogP contribution in [0.5, 0.6) is 5.75 Å². The van der Waals surface area contributed by atoms with Gasteiger partial charge >= 0.3 is 5.97 Å². The molecule has 2 amide bonds. The van der Waals surface area contributed by atoms with Crippen LogP contribution in [0.2, 0.25) is 5.02 Å². The summed E-state index contributed by atoms with van der Waals surface area (Å²) in [7, 11) is 0. The van der Waals surface area contributed by atoms with E-state index in [1.165, 1.54) is 6.07 Å². The Balaban J connectivity index is 1.74. The van der Waals surface area contributed by atoms with E-state index in [1.807, 2.05) is 0 Å². The lowest BCUT2D eigenvalue weighted by atomic mass is 10.1. The summed E-state index contributed by atoms with van der Waals surface area (Å²) in [6.07, 6.45) is 0.936. The third kappa shape index (κ3) is 7.46. The topological polar surface area (TPSA) is 93.7 Å². The van der Waals surface area contributed by atoms with Crippen LogP contribution < -0.4 is 15.6 Å². The molecule has 0 unspecified atom stereocenters. The molecule has 0 saturated carbocycles. The first kappa shape index (κ1) is 22.2. The summed E-state index contributed by atoms with van der Waals surface area (Å²) in [6, 6.07) is 12.9. The number of benzene rings is 2. The minimum atomic E-state index is -0.688. The summed E-state index contributed by atoms with van der Waals surface area (Å²) in [4.78, 5) is 35.7. The summed E-state index contributed by atoms with van der Waals surface area (Å²) < 4.78 is 10.5. The van der Waals surface area contributed by atoms with E-state index in [2.05, 4.69) is 24.7 Å². The van der Waals surface area contributed by atoms with E-state index in [9.17, 15) is 14.4 Å². The molecule has 154 valence electrons. The second-order valence-corrected chi connectivity index (χ2v) is 7.02. The zero-order valence-corrected chi connectivity index (χ0v) is 17.0. The number of esters is 1. The molecule has 2 aromatic carbocycles. The SMILES string of the molecule is CC(C)CCOc1ccc(C(=O)OCC(=O)NNC(=O)c2ccccc2Cl)cc1. The standard InChI is InChI=1S/C21H23ClN2O5/c1-14(2)11-12-28-16-9-7-15(8-10-16)21(27)29-13-19(25)23-24-20(26)17-5-3-4-6-18(17)22/h3-10,14H,11-13H2,1-2H3,(H,23,25)(H,24,26). The molecule has 0 aromatic heterocycles. The average Bonchev–Trinajstić information content (AvgIpc) is 2.70. The van der Waals surface area contributed by atoms with Gasteiger partial charge in [0.25, 0.3) is 11.8 Å². The minimum Gasteiger partial charge on any atom is -0.494 e. The molecule has 0 aliphatic rings. The van der Waals surface area contributed by atoms with E-state index in [1.54, 1.807) is 42.5 Å². The molecule has 0 heterocycles. The number of carbonyl (C=O) groups excluding carboxylic acids is 3. The maximum absolute atomic E-state index is 12.0. The van der Waals surface area contributed by atoms with Gasteiger partial charge in [0.2, 0.25) is 0 Å². The van der Waals surface area contributed by atoms with Gasteiger partial charge in [-0.05, 0) is 48.7 Å². The van der Waals surface area contributed by atoms with Crippen LogP contribution in [0.15, 0.2) is 48.5 Å². The van der Waals surface area contributed by atoms with Crippen LogP contribution in [0.25, 0.3) is 0 Å². The minimum absolute atomic E-state index is 0.210. The van der Waals surface area contributed by atoms with Crippen molar-refractivity contribution in [2.45, 2.75) is 20.3 Å². The van der Waals surface area contributed by atoms with Crippen molar-refractivity contribution in [3.8, 4) is 5.75 Å². The summed E-state index contributed by atoms with van der Waals surface area (Å²) in [5.74, 6) is -0.728. The number of carbonyl (C=O) groups is 3. The van der Waals surface area contributed by atoms with Crippen LogP contribution in [0.1, 0.15) is 41.0 Å². The fraction of sp³-hybridized carbons (Fsp3) is 0.286. The Morgan fingerprint density at radius 3 is 2.34 bits per heavy atom. The molecule has 29 heavy (non-hydrogen) atoms. The van der Waals surface area contributed by atoms with Crippen molar-refractivity contribution < 1.29 is 23.9 Å². The smallest absolute Gasteiger partial charge is 0.338 e. The lowest BCUT2D eigenvalue weighted by Gasteiger charge is -2.10. The van der Waals surface area contributed by atoms with Gasteiger partial charge < -0.3 is 9.47 Å². The first-order valence-electron chi connectivity index (χ1n) is 9.10. The number of hydrogen-bond donors (Lipinski definition) is 2. The molecule has 0 saturated heterocycles. The Morgan fingerprint density at radius 2 is 1.69 bits per heavy atom. The molecular weight excluding hydrogens is 396 g/mol. The Morgan fingerprint density at radius 1 is 1.00 bits per heavy atom. The van der Waals surface area contributed by atoms with Crippen LogP contribution in [-0.4, -0.2) is 31.0 Å². The van der Waals surface area contributed by atoms with Crippen molar-refractivity contribution in [2.75, 3.05) is 13.2 Å². The molecule has 0 atom stereocenters. The highest BCUT2D eigenvalue weighted by atomic mass is 35.5. The lowest BCUT2D eigenvalue weighted by molar-refractivity contribution is -0.125. The Labute approximate surface area is 174 Å². The van der Waals surface area contributed by atoms with Gasteiger partial charge in [-0.25, -0.2) is 4.79 Å². The molecule has 0 bridgehead atoms. The van der Waals surface area contributed by atoms with E-state index in [4.69, 9.17) is 21.1 Å². The zero-order valence-electron chi connectivity index (χ0n) is 16.2. The fourth-order valence-corrected chi connectivity index (χ4v) is 2.41.